The second-order valence-corrected chi connectivity index (χ2v) is 9.63. The number of sulfone groups is 1. The van der Waals surface area contributed by atoms with Gasteiger partial charge in [-0.1, -0.05) is 17.4 Å². The summed E-state index contributed by atoms with van der Waals surface area (Å²) in [5.41, 5.74) is 0.689. The first-order valence-corrected chi connectivity index (χ1v) is 11.2. The van der Waals surface area contributed by atoms with Crippen molar-refractivity contribution in [3.8, 4) is 0 Å². The van der Waals surface area contributed by atoms with Crippen LogP contribution in [0.2, 0.25) is 0 Å². The van der Waals surface area contributed by atoms with Gasteiger partial charge in [-0.3, -0.25) is 9.69 Å². The van der Waals surface area contributed by atoms with Gasteiger partial charge in [0.1, 0.15) is 11.3 Å². The average molecular weight is 422 g/mol. The highest BCUT2D eigenvalue weighted by Gasteiger charge is 2.23. The van der Waals surface area contributed by atoms with Gasteiger partial charge in [0.2, 0.25) is 0 Å². The molecular weight excluding hydrogens is 401 g/mol. The van der Waals surface area contributed by atoms with E-state index in [-0.39, 0.29) is 10.8 Å². The van der Waals surface area contributed by atoms with E-state index in [4.69, 9.17) is 0 Å². The van der Waals surface area contributed by atoms with E-state index in [0.29, 0.717) is 34.0 Å². The van der Waals surface area contributed by atoms with Crippen LogP contribution in [0.3, 0.4) is 0 Å². The van der Waals surface area contributed by atoms with E-state index in [2.05, 4.69) is 4.98 Å². The summed E-state index contributed by atoms with van der Waals surface area (Å²) in [6.07, 6.45) is 1.13. The molecule has 3 rings (SSSR count). The summed E-state index contributed by atoms with van der Waals surface area (Å²) >= 11 is 1.25. The average Bonchev–Trinajstić information content (AvgIpc) is 3.04. The number of carbonyl (C=O) groups excluding carboxylic acids is 1. The Hall–Kier alpha value is -2.36. The number of aromatic nitrogens is 1. The standard InChI is InChI=1S/C19H20FN3O3S2/c1-22(2)11-12-23(18(24)13-7-9-14(20)10-8-13)19-21-17-15(27-19)5-4-6-16(17)28(3,25)26/h4-10H,11-12H2,1-3H3. The van der Waals surface area contributed by atoms with Crippen molar-refractivity contribution in [2.24, 2.45) is 0 Å². The van der Waals surface area contributed by atoms with E-state index < -0.39 is 15.7 Å². The molecule has 0 atom stereocenters. The van der Waals surface area contributed by atoms with E-state index >= 15 is 0 Å². The smallest absolute Gasteiger partial charge is 0.260 e. The topological polar surface area (TPSA) is 70.6 Å². The summed E-state index contributed by atoms with van der Waals surface area (Å²) in [6.45, 7) is 0.943. The van der Waals surface area contributed by atoms with Gasteiger partial charge in [-0.25, -0.2) is 17.8 Å². The molecule has 28 heavy (non-hydrogen) atoms. The minimum atomic E-state index is -3.45. The third-order valence-electron chi connectivity index (χ3n) is 4.11. The highest BCUT2D eigenvalue weighted by atomic mass is 32.2. The highest BCUT2D eigenvalue weighted by molar-refractivity contribution is 7.91. The summed E-state index contributed by atoms with van der Waals surface area (Å²) in [4.78, 5) is 21.1. The van der Waals surface area contributed by atoms with Gasteiger partial charge in [0.15, 0.2) is 15.0 Å². The largest absolute Gasteiger partial charge is 0.308 e. The number of benzene rings is 2. The fraction of sp³-hybridized carbons (Fsp3) is 0.263. The lowest BCUT2D eigenvalue weighted by Gasteiger charge is -2.22. The molecule has 6 nitrogen and oxygen atoms in total. The van der Waals surface area contributed by atoms with E-state index in [1.54, 1.807) is 12.1 Å². The maximum Gasteiger partial charge on any atom is 0.260 e. The molecule has 0 saturated heterocycles. The van der Waals surface area contributed by atoms with Gasteiger partial charge in [0.25, 0.3) is 5.91 Å². The molecule has 1 amide bonds. The number of rotatable bonds is 6. The van der Waals surface area contributed by atoms with Crippen molar-refractivity contribution in [3.05, 3.63) is 53.8 Å². The number of hydrogen-bond acceptors (Lipinski definition) is 6. The van der Waals surface area contributed by atoms with Crippen LogP contribution in [0.1, 0.15) is 10.4 Å². The lowest BCUT2D eigenvalue weighted by Crippen LogP contribution is -2.36. The van der Waals surface area contributed by atoms with Crippen LogP contribution >= 0.6 is 11.3 Å². The maximum absolute atomic E-state index is 13.2. The first-order chi connectivity index (χ1) is 13.2. The minimum absolute atomic E-state index is 0.134. The van der Waals surface area contributed by atoms with Crippen molar-refractivity contribution < 1.29 is 17.6 Å². The van der Waals surface area contributed by atoms with Crippen LogP contribution in [0.5, 0.6) is 0 Å². The molecule has 148 valence electrons. The Morgan fingerprint density at radius 1 is 1.11 bits per heavy atom. The second-order valence-electron chi connectivity index (χ2n) is 6.64. The van der Waals surface area contributed by atoms with Gasteiger partial charge in [-0.15, -0.1) is 0 Å². The minimum Gasteiger partial charge on any atom is -0.308 e. The molecule has 0 aliphatic heterocycles. The molecule has 0 aliphatic carbocycles. The van der Waals surface area contributed by atoms with Gasteiger partial charge >= 0.3 is 0 Å². The Kier molecular flexibility index (Phi) is 5.78. The van der Waals surface area contributed by atoms with E-state index in [9.17, 15) is 17.6 Å². The maximum atomic E-state index is 13.2. The van der Waals surface area contributed by atoms with Crippen molar-refractivity contribution in [2.45, 2.75) is 4.90 Å². The summed E-state index contributed by atoms with van der Waals surface area (Å²) in [6, 6.07) is 10.3. The number of hydrogen-bond donors (Lipinski definition) is 0. The van der Waals surface area contributed by atoms with Crippen LogP contribution in [-0.2, 0) is 9.84 Å². The quantitative estimate of drug-likeness (QED) is 0.612. The number of likely N-dealkylation sites (N-methyl/N-ethyl adjacent to an activating group) is 1. The zero-order valence-corrected chi connectivity index (χ0v) is 17.3. The molecular formula is C19H20FN3O3S2. The number of nitrogens with zero attached hydrogens (tertiary/aromatic N) is 3. The van der Waals surface area contributed by atoms with Crippen LogP contribution in [0.4, 0.5) is 9.52 Å². The molecule has 0 bridgehead atoms. The van der Waals surface area contributed by atoms with Crippen LogP contribution in [0.15, 0.2) is 47.4 Å². The van der Waals surface area contributed by atoms with Crippen molar-refractivity contribution >= 4 is 42.4 Å². The van der Waals surface area contributed by atoms with Gasteiger partial charge in [0, 0.05) is 24.9 Å². The fourth-order valence-corrected chi connectivity index (χ4v) is 4.57. The Balaban J connectivity index is 2.07. The van der Waals surface area contributed by atoms with Gasteiger partial charge in [0.05, 0.1) is 9.60 Å². The first kappa shape index (κ1) is 20.4. The Labute approximate surface area is 167 Å². The van der Waals surface area contributed by atoms with Crippen LogP contribution in [-0.4, -0.2) is 57.6 Å². The summed E-state index contributed by atoms with van der Waals surface area (Å²) in [7, 11) is 0.325. The molecule has 0 spiro atoms. The third kappa shape index (κ3) is 4.37. The lowest BCUT2D eigenvalue weighted by molar-refractivity contribution is 0.0985. The molecule has 0 aliphatic rings. The van der Waals surface area contributed by atoms with Gasteiger partial charge in [-0.05, 0) is 50.5 Å². The number of anilines is 1. The van der Waals surface area contributed by atoms with E-state index in [0.717, 1.165) is 6.26 Å². The van der Waals surface area contributed by atoms with Gasteiger partial charge in [-0.2, -0.15) is 0 Å². The molecule has 0 fully saturated rings. The molecule has 0 saturated carbocycles. The van der Waals surface area contributed by atoms with Gasteiger partial charge < -0.3 is 4.90 Å². The lowest BCUT2D eigenvalue weighted by atomic mass is 10.2. The number of thiazole rings is 1. The Bertz CT molecular complexity index is 1110. The van der Waals surface area contributed by atoms with Crippen molar-refractivity contribution in [2.75, 3.05) is 38.3 Å². The predicted octanol–water partition coefficient (Wildman–Crippen LogP) is 3.05. The number of fused-ring (bicyclic) bond motifs is 1. The van der Waals surface area contributed by atoms with Crippen molar-refractivity contribution in [1.29, 1.82) is 0 Å². The molecule has 0 N–H and O–H groups in total. The van der Waals surface area contributed by atoms with Crippen LogP contribution in [0, 0.1) is 5.82 Å². The number of halogens is 1. The number of amides is 1. The predicted molar refractivity (Wildman–Crippen MR) is 109 cm³/mol. The summed E-state index contributed by atoms with van der Waals surface area (Å²) < 4.78 is 38.0. The molecule has 0 radical (unpaired) electrons. The summed E-state index contributed by atoms with van der Waals surface area (Å²) in [5, 5.41) is 0.405. The Morgan fingerprint density at radius 3 is 2.39 bits per heavy atom. The molecule has 3 aromatic rings. The third-order valence-corrected chi connectivity index (χ3v) is 6.28. The second kappa shape index (κ2) is 7.94. The molecule has 0 unspecified atom stereocenters. The number of para-hydroxylation sites is 1. The monoisotopic (exact) mass is 421 g/mol. The SMILES string of the molecule is CN(C)CCN(C(=O)c1ccc(F)cc1)c1nc2c(S(C)(=O)=O)cccc2s1. The number of carbonyl (C=O) groups is 1. The Morgan fingerprint density at radius 2 is 1.79 bits per heavy atom. The fourth-order valence-electron chi connectivity index (χ4n) is 2.66. The highest BCUT2D eigenvalue weighted by Crippen LogP contribution is 2.33. The van der Waals surface area contributed by atoms with Crippen LogP contribution < -0.4 is 4.90 Å². The van der Waals surface area contributed by atoms with E-state index in [1.807, 2.05) is 19.0 Å². The normalized spacial score (nSPS) is 11.9. The molecule has 2 aromatic carbocycles. The van der Waals surface area contributed by atoms with Crippen molar-refractivity contribution in [1.82, 2.24) is 9.88 Å². The molecule has 1 heterocycles. The first-order valence-electron chi connectivity index (χ1n) is 8.48. The van der Waals surface area contributed by atoms with Crippen molar-refractivity contribution in [3.63, 3.8) is 0 Å². The van der Waals surface area contributed by atoms with E-state index in [1.165, 1.54) is 46.6 Å². The zero-order valence-electron chi connectivity index (χ0n) is 15.7. The zero-order chi connectivity index (χ0) is 20.5. The van der Waals surface area contributed by atoms with Crippen LogP contribution in [0.25, 0.3) is 10.2 Å². The molecule has 9 heteroatoms. The summed E-state index contributed by atoms with van der Waals surface area (Å²) in [5.74, 6) is -0.740. The molecule has 1 aromatic heterocycles.